The average Bonchev–Trinajstić information content (AvgIpc) is 3.32. The van der Waals surface area contributed by atoms with E-state index in [1.165, 1.54) is 4.90 Å². The van der Waals surface area contributed by atoms with Gasteiger partial charge >= 0.3 is 5.97 Å². The predicted molar refractivity (Wildman–Crippen MR) is 87.7 cm³/mol. The summed E-state index contributed by atoms with van der Waals surface area (Å²) in [4.78, 5) is 36.9. The number of fused-ring (bicyclic) bond motifs is 1. The Hall–Kier alpha value is -2.51. The Morgan fingerprint density at radius 1 is 1.27 bits per heavy atom. The molecule has 6 nitrogen and oxygen atoms in total. The molecule has 140 valence electrons. The molecule has 26 heavy (non-hydrogen) atoms. The van der Waals surface area contributed by atoms with Crippen LogP contribution < -0.4 is 5.32 Å². The first-order chi connectivity index (χ1) is 12.3. The summed E-state index contributed by atoms with van der Waals surface area (Å²) in [5, 5.41) is 10.8. The van der Waals surface area contributed by atoms with E-state index in [1.807, 2.05) is 12.1 Å². The van der Waals surface area contributed by atoms with Gasteiger partial charge in [-0.25, -0.2) is 8.78 Å². The number of carboxylic acids is 1. The summed E-state index contributed by atoms with van der Waals surface area (Å²) < 4.78 is 27.6. The summed E-state index contributed by atoms with van der Waals surface area (Å²) in [6.07, 6.45) is -0.218. The number of nitrogens with zero attached hydrogens (tertiary/aromatic N) is 1. The van der Waals surface area contributed by atoms with Gasteiger partial charge in [0, 0.05) is 24.9 Å². The summed E-state index contributed by atoms with van der Waals surface area (Å²) in [5.41, 5.74) is 0.328. The minimum absolute atomic E-state index is 0.163. The number of aliphatic carboxylic acids is 1. The number of carbonyl (C=O) groups is 3. The smallest absolute Gasteiger partial charge is 0.303 e. The van der Waals surface area contributed by atoms with E-state index in [4.69, 9.17) is 5.11 Å². The number of alkyl halides is 2. The number of hydrogen-bond acceptors (Lipinski definition) is 3. The maximum absolute atomic E-state index is 13.8. The first kappa shape index (κ1) is 18.3. The summed E-state index contributed by atoms with van der Waals surface area (Å²) in [6, 6.07) is 7.07. The van der Waals surface area contributed by atoms with E-state index in [2.05, 4.69) is 5.32 Å². The molecule has 1 saturated carbocycles. The molecule has 1 fully saturated rings. The van der Waals surface area contributed by atoms with E-state index >= 15 is 0 Å². The SMILES string of the molecule is O=C(O)CCCC(F)(F)CNC(=O)C1(N2Cc3ccccc3C2=O)CC1. The first-order valence-electron chi connectivity index (χ1n) is 8.53. The van der Waals surface area contributed by atoms with Crippen LogP contribution >= 0.6 is 0 Å². The van der Waals surface area contributed by atoms with Crippen LogP contribution in [0.4, 0.5) is 8.78 Å². The molecule has 1 aliphatic heterocycles. The van der Waals surface area contributed by atoms with Gasteiger partial charge in [-0.1, -0.05) is 18.2 Å². The van der Waals surface area contributed by atoms with Crippen LogP contribution in [0.15, 0.2) is 24.3 Å². The Kier molecular flexibility index (Phi) is 4.68. The lowest BCUT2D eigenvalue weighted by molar-refractivity contribution is -0.137. The predicted octanol–water partition coefficient (Wildman–Crippen LogP) is 2.18. The molecule has 1 aliphatic carbocycles. The van der Waals surface area contributed by atoms with Crippen LogP contribution in [-0.4, -0.2) is 45.8 Å². The van der Waals surface area contributed by atoms with Crippen molar-refractivity contribution in [2.75, 3.05) is 6.54 Å². The molecule has 1 aromatic carbocycles. The van der Waals surface area contributed by atoms with Gasteiger partial charge in [0.25, 0.3) is 11.8 Å². The van der Waals surface area contributed by atoms with Crippen LogP contribution in [0.2, 0.25) is 0 Å². The molecular weight excluding hydrogens is 346 g/mol. The molecule has 0 spiro atoms. The molecule has 0 saturated heterocycles. The fourth-order valence-corrected chi connectivity index (χ4v) is 3.30. The summed E-state index contributed by atoms with van der Waals surface area (Å²) in [7, 11) is 0. The van der Waals surface area contributed by atoms with Crippen molar-refractivity contribution in [1.82, 2.24) is 10.2 Å². The van der Waals surface area contributed by atoms with Gasteiger partial charge in [-0.05, 0) is 30.9 Å². The van der Waals surface area contributed by atoms with Crippen LogP contribution in [0.3, 0.4) is 0 Å². The van der Waals surface area contributed by atoms with Gasteiger partial charge in [-0.2, -0.15) is 0 Å². The van der Waals surface area contributed by atoms with E-state index in [-0.39, 0.29) is 18.7 Å². The Morgan fingerprint density at radius 3 is 2.58 bits per heavy atom. The highest BCUT2D eigenvalue weighted by Gasteiger charge is 2.58. The van der Waals surface area contributed by atoms with E-state index in [0.29, 0.717) is 24.9 Å². The van der Waals surface area contributed by atoms with E-state index < -0.39 is 36.3 Å². The van der Waals surface area contributed by atoms with Crippen LogP contribution in [0.25, 0.3) is 0 Å². The zero-order chi connectivity index (χ0) is 18.9. The van der Waals surface area contributed by atoms with Crippen molar-refractivity contribution in [2.45, 2.75) is 50.1 Å². The zero-order valence-electron chi connectivity index (χ0n) is 14.1. The van der Waals surface area contributed by atoms with Crippen LogP contribution in [0.5, 0.6) is 0 Å². The van der Waals surface area contributed by atoms with E-state index in [0.717, 1.165) is 5.56 Å². The van der Waals surface area contributed by atoms with Crippen molar-refractivity contribution in [2.24, 2.45) is 0 Å². The monoisotopic (exact) mass is 366 g/mol. The van der Waals surface area contributed by atoms with Gasteiger partial charge < -0.3 is 15.3 Å². The summed E-state index contributed by atoms with van der Waals surface area (Å²) >= 11 is 0. The van der Waals surface area contributed by atoms with Crippen LogP contribution in [-0.2, 0) is 16.1 Å². The van der Waals surface area contributed by atoms with Crippen molar-refractivity contribution in [3.63, 3.8) is 0 Å². The zero-order valence-corrected chi connectivity index (χ0v) is 14.1. The number of benzene rings is 1. The number of carbonyl (C=O) groups excluding carboxylic acids is 2. The number of hydrogen-bond donors (Lipinski definition) is 2. The lowest BCUT2D eigenvalue weighted by Gasteiger charge is -2.27. The molecular formula is C18H20F2N2O4. The molecule has 2 N–H and O–H groups in total. The third kappa shape index (κ3) is 3.54. The highest BCUT2D eigenvalue weighted by atomic mass is 19.3. The third-order valence-electron chi connectivity index (χ3n) is 4.93. The lowest BCUT2D eigenvalue weighted by atomic mass is 10.1. The molecule has 2 aliphatic rings. The van der Waals surface area contributed by atoms with Crippen molar-refractivity contribution in [3.8, 4) is 0 Å². The molecule has 0 bridgehead atoms. The second-order valence-electron chi connectivity index (χ2n) is 6.87. The maximum Gasteiger partial charge on any atom is 0.303 e. The summed E-state index contributed by atoms with van der Waals surface area (Å²) in [6.45, 7) is -0.556. The molecule has 2 amide bonds. The van der Waals surface area contributed by atoms with Gasteiger partial charge in [0.2, 0.25) is 5.91 Å². The average molecular weight is 366 g/mol. The largest absolute Gasteiger partial charge is 0.481 e. The molecule has 3 rings (SSSR count). The lowest BCUT2D eigenvalue weighted by Crippen LogP contribution is -2.51. The molecule has 1 aromatic rings. The Morgan fingerprint density at radius 2 is 1.96 bits per heavy atom. The minimum atomic E-state index is -3.18. The second kappa shape index (κ2) is 6.66. The molecule has 8 heteroatoms. The van der Waals surface area contributed by atoms with Gasteiger partial charge in [0.05, 0.1) is 6.54 Å². The quantitative estimate of drug-likeness (QED) is 0.738. The topological polar surface area (TPSA) is 86.7 Å². The summed E-state index contributed by atoms with van der Waals surface area (Å²) in [5.74, 6) is -5.13. The molecule has 0 unspecified atom stereocenters. The van der Waals surface area contributed by atoms with Gasteiger partial charge in [-0.15, -0.1) is 0 Å². The Bertz CT molecular complexity index is 746. The fraction of sp³-hybridized carbons (Fsp3) is 0.500. The van der Waals surface area contributed by atoms with Crippen LogP contribution in [0, 0.1) is 0 Å². The van der Waals surface area contributed by atoms with Gasteiger partial charge in [-0.3, -0.25) is 14.4 Å². The number of halogens is 2. The molecule has 0 atom stereocenters. The molecule has 1 heterocycles. The van der Waals surface area contributed by atoms with E-state index in [1.54, 1.807) is 12.1 Å². The molecule has 0 radical (unpaired) electrons. The first-order valence-corrected chi connectivity index (χ1v) is 8.53. The standard InChI is InChI=1S/C18H20F2N2O4/c19-18(20,7-3-6-14(23)24)11-21-16(26)17(8-9-17)22-10-12-4-1-2-5-13(12)15(22)25/h1-2,4-5H,3,6-11H2,(H,21,26)(H,23,24). The Labute approximate surface area is 149 Å². The van der Waals surface area contributed by atoms with Gasteiger partial charge in [0.1, 0.15) is 5.54 Å². The number of nitrogens with one attached hydrogen (secondary N) is 1. The van der Waals surface area contributed by atoms with Crippen LogP contribution in [0.1, 0.15) is 48.0 Å². The highest BCUT2D eigenvalue weighted by molar-refractivity contribution is 6.03. The second-order valence-corrected chi connectivity index (χ2v) is 6.87. The number of amides is 2. The van der Waals surface area contributed by atoms with Crippen molar-refractivity contribution in [3.05, 3.63) is 35.4 Å². The maximum atomic E-state index is 13.8. The van der Waals surface area contributed by atoms with Crippen molar-refractivity contribution in [1.29, 1.82) is 0 Å². The molecule has 0 aromatic heterocycles. The Balaban J connectivity index is 1.58. The number of carboxylic acid groups (broad SMARTS) is 1. The fourth-order valence-electron chi connectivity index (χ4n) is 3.30. The minimum Gasteiger partial charge on any atom is -0.481 e. The van der Waals surface area contributed by atoms with Crippen molar-refractivity contribution < 1.29 is 28.3 Å². The van der Waals surface area contributed by atoms with Gasteiger partial charge in [0.15, 0.2) is 0 Å². The third-order valence-corrected chi connectivity index (χ3v) is 4.93. The normalized spacial score (nSPS) is 17.8. The van der Waals surface area contributed by atoms with Crippen molar-refractivity contribution >= 4 is 17.8 Å². The number of rotatable bonds is 8. The van der Waals surface area contributed by atoms with E-state index in [9.17, 15) is 23.2 Å². The highest BCUT2D eigenvalue weighted by Crippen LogP contribution is 2.46.